The number of nitrogens with one attached hydrogen (secondary N) is 2. The van der Waals surface area contributed by atoms with Crippen LogP contribution >= 0.6 is 24.2 Å². The molecule has 0 aliphatic carbocycles. The van der Waals surface area contributed by atoms with Gasteiger partial charge in [0, 0.05) is 31.4 Å². The van der Waals surface area contributed by atoms with Crippen LogP contribution in [0.5, 0.6) is 0 Å². The van der Waals surface area contributed by atoms with E-state index >= 15 is 0 Å². The van der Waals surface area contributed by atoms with Crippen molar-refractivity contribution in [2.45, 2.75) is 19.9 Å². The zero-order chi connectivity index (χ0) is 15.9. The van der Waals surface area contributed by atoms with Crippen LogP contribution in [-0.4, -0.2) is 53.9 Å². The van der Waals surface area contributed by atoms with E-state index < -0.39 is 0 Å². The first-order valence-corrected chi connectivity index (χ1v) is 8.66. The van der Waals surface area contributed by atoms with Crippen molar-refractivity contribution in [3.63, 3.8) is 0 Å². The number of amides is 2. The van der Waals surface area contributed by atoms with Gasteiger partial charge < -0.3 is 15.5 Å². The molecule has 0 radical (unpaired) electrons. The Kier molecular flexibility index (Phi) is 8.44. The predicted molar refractivity (Wildman–Crippen MR) is 98.4 cm³/mol. The lowest BCUT2D eigenvalue weighted by Crippen LogP contribution is -2.52. The van der Waals surface area contributed by atoms with E-state index in [9.17, 15) is 9.59 Å². The van der Waals surface area contributed by atoms with Gasteiger partial charge in [-0.15, -0.1) is 24.2 Å². The molecule has 5 nitrogen and oxygen atoms in total. The molecule has 0 saturated carbocycles. The quantitative estimate of drug-likeness (QED) is 0.845. The maximum absolute atomic E-state index is 12.1. The van der Waals surface area contributed by atoms with Crippen LogP contribution in [0.15, 0.2) is 24.3 Å². The van der Waals surface area contributed by atoms with Crippen LogP contribution < -0.4 is 10.6 Å². The Morgan fingerprint density at radius 3 is 2.65 bits per heavy atom. The van der Waals surface area contributed by atoms with Crippen molar-refractivity contribution in [1.82, 2.24) is 10.2 Å². The van der Waals surface area contributed by atoms with Crippen LogP contribution in [0.2, 0.25) is 0 Å². The Hall–Kier alpha value is -1.24. The number of nitrogens with zero attached hydrogens (tertiary/aromatic N) is 1. The van der Waals surface area contributed by atoms with Crippen molar-refractivity contribution < 1.29 is 9.59 Å². The summed E-state index contributed by atoms with van der Waals surface area (Å²) in [6.07, 6.45) is 0. The van der Waals surface area contributed by atoms with Crippen molar-refractivity contribution in [2.24, 2.45) is 0 Å². The summed E-state index contributed by atoms with van der Waals surface area (Å²) in [4.78, 5) is 25.9. The van der Waals surface area contributed by atoms with Gasteiger partial charge in [0.1, 0.15) is 0 Å². The van der Waals surface area contributed by atoms with Gasteiger partial charge in [0.25, 0.3) is 0 Å². The Morgan fingerprint density at radius 1 is 1.30 bits per heavy atom. The van der Waals surface area contributed by atoms with E-state index in [4.69, 9.17) is 0 Å². The molecule has 1 heterocycles. The second kappa shape index (κ2) is 9.80. The molecule has 1 aliphatic heterocycles. The van der Waals surface area contributed by atoms with E-state index in [1.54, 1.807) is 0 Å². The summed E-state index contributed by atoms with van der Waals surface area (Å²) in [5.41, 5.74) is 1.95. The molecule has 2 rings (SSSR count). The summed E-state index contributed by atoms with van der Waals surface area (Å²) >= 11 is 1.36. The summed E-state index contributed by atoms with van der Waals surface area (Å²) in [7, 11) is 0. The van der Waals surface area contributed by atoms with Crippen LogP contribution in [-0.2, 0) is 9.59 Å². The standard InChI is InChI=1S/C16H23N3O2S.ClH/c1-12-3-5-14(6-4-12)18-15(20)10-22-11-16(21)19-8-7-17-9-13(19)2;/h3-6,13,17H,7-11H2,1-2H3,(H,18,20);1H. The molecule has 7 heteroatoms. The second-order valence-electron chi connectivity index (χ2n) is 5.55. The third-order valence-corrected chi connectivity index (χ3v) is 4.53. The Bertz CT molecular complexity index is 525. The number of hydrogen-bond donors (Lipinski definition) is 2. The molecule has 0 bridgehead atoms. The fraction of sp³-hybridized carbons (Fsp3) is 0.500. The number of thioether (sulfide) groups is 1. The van der Waals surface area contributed by atoms with Crippen molar-refractivity contribution >= 4 is 41.7 Å². The number of rotatable bonds is 5. The highest BCUT2D eigenvalue weighted by Crippen LogP contribution is 2.11. The smallest absolute Gasteiger partial charge is 0.234 e. The molecule has 128 valence electrons. The molecular weight excluding hydrogens is 334 g/mol. The highest BCUT2D eigenvalue weighted by Gasteiger charge is 2.22. The molecule has 1 saturated heterocycles. The zero-order valence-electron chi connectivity index (χ0n) is 13.5. The van der Waals surface area contributed by atoms with Crippen LogP contribution in [0.4, 0.5) is 5.69 Å². The molecular formula is C16H24ClN3O2S. The van der Waals surface area contributed by atoms with Gasteiger partial charge in [-0.1, -0.05) is 17.7 Å². The third kappa shape index (κ3) is 6.41. The Balaban J connectivity index is 0.00000264. The lowest BCUT2D eigenvalue weighted by atomic mass is 10.2. The van der Waals surface area contributed by atoms with E-state index in [0.717, 1.165) is 30.9 Å². The average molecular weight is 358 g/mol. The van der Waals surface area contributed by atoms with Gasteiger partial charge in [0.2, 0.25) is 11.8 Å². The minimum atomic E-state index is -0.0741. The molecule has 0 spiro atoms. The number of anilines is 1. The minimum absolute atomic E-state index is 0. The fourth-order valence-corrected chi connectivity index (χ4v) is 3.06. The number of piperazine rings is 1. The van der Waals surface area contributed by atoms with Gasteiger partial charge in [-0.05, 0) is 26.0 Å². The lowest BCUT2D eigenvalue weighted by Gasteiger charge is -2.33. The second-order valence-corrected chi connectivity index (χ2v) is 6.53. The molecule has 1 aromatic rings. The van der Waals surface area contributed by atoms with Gasteiger partial charge >= 0.3 is 0 Å². The number of carbonyl (C=O) groups is 2. The van der Waals surface area contributed by atoms with Gasteiger partial charge in [0.15, 0.2) is 0 Å². The number of hydrogen-bond acceptors (Lipinski definition) is 4. The first-order valence-electron chi connectivity index (χ1n) is 7.50. The number of aryl methyl sites for hydroxylation is 1. The lowest BCUT2D eigenvalue weighted by molar-refractivity contribution is -0.131. The van der Waals surface area contributed by atoms with Gasteiger partial charge in [0.05, 0.1) is 11.5 Å². The highest BCUT2D eigenvalue weighted by atomic mass is 35.5. The Labute approximate surface area is 148 Å². The maximum atomic E-state index is 12.1. The fourth-order valence-electron chi connectivity index (χ4n) is 2.36. The van der Waals surface area contributed by atoms with Gasteiger partial charge in [-0.25, -0.2) is 0 Å². The van der Waals surface area contributed by atoms with E-state index in [-0.39, 0.29) is 30.3 Å². The summed E-state index contributed by atoms with van der Waals surface area (Å²) in [5.74, 6) is 0.684. The highest BCUT2D eigenvalue weighted by molar-refractivity contribution is 8.00. The van der Waals surface area contributed by atoms with Crippen molar-refractivity contribution in [3.8, 4) is 0 Å². The molecule has 2 N–H and O–H groups in total. The SMILES string of the molecule is Cc1ccc(NC(=O)CSCC(=O)N2CCNCC2C)cc1.Cl. The summed E-state index contributed by atoms with van der Waals surface area (Å²) in [5, 5.41) is 6.10. The molecule has 1 aromatic carbocycles. The molecule has 1 unspecified atom stereocenters. The average Bonchev–Trinajstić information content (AvgIpc) is 2.50. The molecule has 1 atom stereocenters. The monoisotopic (exact) mass is 357 g/mol. The molecule has 23 heavy (non-hydrogen) atoms. The number of carbonyl (C=O) groups excluding carboxylic acids is 2. The zero-order valence-corrected chi connectivity index (χ0v) is 15.1. The van der Waals surface area contributed by atoms with Crippen LogP contribution in [0, 0.1) is 6.92 Å². The minimum Gasteiger partial charge on any atom is -0.337 e. The largest absolute Gasteiger partial charge is 0.337 e. The maximum Gasteiger partial charge on any atom is 0.234 e. The normalized spacial score (nSPS) is 17.3. The van der Waals surface area contributed by atoms with Crippen LogP contribution in [0.25, 0.3) is 0 Å². The van der Waals surface area contributed by atoms with E-state index in [1.165, 1.54) is 11.8 Å². The molecule has 0 aromatic heterocycles. The summed E-state index contributed by atoms with van der Waals surface area (Å²) < 4.78 is 0. The number of halogens is 1. The van der Waals surface area contributed by atoms with Crippen LogP contribution in [0.3, 0.4) is 0 Å². The topological polar surface area (TPSA) is 61.4 Å². The van der Waals surface area contributed by atoms with Crippen molar-refractivity contribution in [3.05, 3.63) is 29.8 Å². The van der Waals surface area contributed by atoms with E-state index in [2.05, 4.69) is 10.6 Å². The van der Waals surface area contributed by atoms with Crippen molar-refractivity contribution in [1.29, 1.82) is 0 Å². The van der Waals surface area contributed by atoms with Gasteiger partial charge in [-0.2, -0.15) is 0 Å². The van der Waals surface area contributed by atoms with Crippen LogP contribution in [0.1, 0.15) is 12.5 Å². The van der Waals surface area contributed by atoms with Crippen molar-refractivity contribution in [2.75, 3.05) is 36.5 Å². The van der Waals surface area contributed by atoms with E-state index in [0.29, 0.717) is 11.5 Å². The first-order chi connectivity index (χ1) is 10.6. The first kappa shape index (κ1) is 19.8. The molecule has 1 fully saturated rings. The summed E-state index contributed by atoms with van der Waals surface area (Å²) in [6, 6.07) is 7.90. The molecule has 1 aliphatic rings. The molecule has 2 amide bonds. The predicted octanol–water partition coefficient (Wildman–Crippen LogP) is 1.91. The number of benzene rings is 1. The van der Waals surface area contributed by atoms with Gasteiger partial charge in [-0.3, -0.25) is 9.59 Å². The third-order valence-electron chi connectivity index (χ3n) is 3.62. The Morgan fingerprint density at radius 2 is 2.00 bits per heavy atom. The summed E-state index contributed by atoms with van der Waals surface area (Å²) in [6.45, 7) is 6.47. The van der Waals surface area contributed by atoms with E-state index in [1.807, 2.05) is 43.0 Å².